The SMILES string of the molecule is C=CCN1CC(Br)C(=O)c2c(n(C)c3ccccc23)C1=O. The zero-order valence-electron chi connectivity index (χ0n) is 11.7. The minimum Gasteiger partial charge on any atom is -0.339 e. The Morgan fingerprint density at radius 3 is 2.81 bits per heavy atom. The average molecular weight is 347 g/mol. The fourth-order valence-electron chi connectivity index (χ4n) is 2.87. The fourth-order valence-corrected chi connectivity index (χ4v) is 3.45. The smallest absolute Gasteiger partial charge is 0.271 e. The third-order valence-electron chi connectivity index (χ3n) is 3.86. The van der Waals surface area contributed by atoms with Gasteiger partial charge in [-0.1, -0.05) is 40.2 Å². The van der Waals surface area contributed by atoms with E-state index in [4.69, 9.17) is 0 Å². The Kier molecular flexibility index (Phi) is 3.45. The number of halogens is 1. The number of carbonyl (C=O) groups is 2. The van der Waals surface area contributed by atoms with Crippen LogP contribution in [-0.2, 0) is 7.05 Å². The van der Waals surface area contributed by atoms with Crippen molar-refractivity contribution in [1.82, 2.24) is 9.47 Å². The molecule has 108 valence electrons. The summed E-state index contributed by atoms with van der Waals surface area (Å²) in [7, 11) is 1.83. The van der Waals surface area contributed by atoms with Gasteiger partial charge < -0.3 is 9.47 Å². The number of benzene rings is 1. The lowest BCUT2D eigenvalue weighted by molar-refractivity contribution is 0.0771. The van der Waals surface area contributed by atoms with Gasteiger partial charge in [-0.15, -0.1) is 6.58 Å². The van der Waals surface area contributed by atoms with Gasteiger partial charge in [0.1, 0.15) is 5.69 Å². The highest BCUT2D eigenvalue weighted by Crippen LogP contribution is 2.31. The maximum Gasteiger partial charge on any atom is 0.271 e. The summed E-state index contributed by atoms with van der Waals surface area (Å²) in [6.07, 6.45) is 1.68. The van der Waals surface area contributed by atoms with Crippen molar-refractivity contribution in [3.8, 4) is 0 Å². The third kappa shape index (κ3) is 2.03. The van der Waals surface area contributed by atoms with Gasteiger partial charge in [0.05, 0.1) is 10.4 Å². The maximum absolute atomic E-state index is 12.8. The zero-order valence-corrected chi connectivity index (χ0v) is 13.3. The Morgan fingerprint density at radius 2 is 2.10 bits per heavy atom. The number of nitrogens with zero attached hydrogens (tertiary/aromatic N) is 2. The number of aromatic nitrogens is 1. The van der Waals surface area contributed by atoms with Crippen LogP contribution >= 0.6 is 15.9 Å². The number of rotatable bonds is 2. The van der Waals surface area contributed by atoms with Crippen molar-refractivity contribution in [3.05, 3.63) is 48.2 Å². The van der Waals surface area contributed by atoms with Crippen molar-refractivity contribution >= 4 is 38.5 Å². The number of ketones is 1. The van der Waals surface area contributed by atoms with Crippen LogP contribution in [0, 0.1) is 0 Å². The van der Waals surface area contributed by atoms with Gasteiger partial charge in [-0.3, -0.25) is 9.59 Å². The molecule has 4 nitrogen and oxygen atoms in total. The summed E-state index contributed by atoms with van der Waals surface area (Å²) >= 11 is 3.42. The van der Waals surface area contributed by atoms with Gasteiger partial charge in [-0.2, -0.15) is 0 Å². The van der Waals surface area contributed by atoms with E-state index in [0.29, 0.717) is 24.3 Å². The molecule has 3 rings (SSSR count). The lowest BCUT2D eigenvalue weighted by Crippen LogP contribution is -2.35. The highest BCUT2D eigenvalue weighted by Gasteiger charge is 2.36. The number of hydrogen-bond donors (Lipinski definition) is 0. The molecule has 1 unspecified atom stereocenters. The van der Waals surface area contributed by atoms with Crippen LogP contribution in [0.3, 0.4) is 0 Å². The minimum absolute atomic E-state index is 0.0401. The van der Waals surface area contributed by atoms with Crippen molar-refractivity contribution in [2.45, 2.75) is 4.83 Å². The summed E-state index contributed by atoms with van der Waals surface area (Å²) in [5, 5.41) is 0.832. The van der Waals surface area contributed by atoms with E-state index in [-0.39, 0.29) is 11.7 Å². The maximum atomic E-state index is 12.8. The average Bonchev–Trinajstić information content (AvgIpc) is 2.74. The molecule has 1 aromatic heterocycles. The van der Waals surface area contributed by atoms with Crippen LogP contribution in [0.2, 0.25) is 0 Å². The predicted molar refractivity (Wildman–Crippen MR) is 86.1 cm³/mol. The minimum atomic E-state index is -0.395. The monoisotopic (exact) mass is 346 g/mol. The first kappa shape index (κ1) is 14.1. The van der Waals surface area contributed by atoms with Crippen molar-refractivity contribution in [2.24, 2.45) is 7.05 Å². The Hall–Kier alpha value is -1.88. The summed E-state index contributed by atoms with van der Waals surface area (Å²) in [6, 6.07) is 7.60. The van der Waals surface area contributed by atoms with Crippen LogP contribution in [0.25, 0.3) is 10.9 Å². The standard InChI is InChI=1S/C16H15BrN2O2/c1-3-8-19-9-11(17)15(20)13-10-6-4-5-7-12(10)18(2)14(13)16(19)21/h3-7,11H,1,8-9H2,2H3. The molecule has 0 saturated heterocycles. The second kappa shape index (κ2) is 5.15. The predicted octanol–water partition coefficient (Wildman–Crippen LogP) is 2.77. The number of alkyl halides is 1. The molecule has 2 aromatic rings. The molecule has 21 heavy (non-hydrogen) atoms. The highest BCUT2D eigenvalue weighted by atomic mass is 79.9. The number of para-hydroxylation sites is 1. The Morgan fingerprint density at radius 1 is 1.38 bits per heavy atom. The van der Waals surface area contributed by atoms with Crippen LogP contribution in [-0.4, -0.2) is 39.1 Å². The molecule has 0 radical (unpaired) electrons. The van der Waals surface area contributed by atoms with E-state index in [1.54, 1.807) is 11.0 Å². The molecule has 0 bridgehead atoms. The van der Waals surface area contributed by atoms with Gasteiger partial charge in [0.2, 0.25) is 0 Å². The molecule has 2 heterocycles. The molecule has 1 atom stereocenters. The number of hydrogen-bond acceptors (Lipinski definition) is 2. The number of aryl methyl sites for hydroxylation is 1. The van der Waals surface area contributed by atoms with E-state index in [1.807, 2.05) is 35.9 Å². The molecule has 1 aliphatic rings. The van der Waals surface area contributed by atoms with Gasteiger partial charge in [0, 0.05) is 31.0 Å². The Balaban J connectivity index is 2.32. The summed E-state index contributed by atoms with van der Waals surface area (Å²) < 4.78 is 1.81. The van der Waals surface area contributed by atoms with Crippen molar-refractivity contribution in [2.75, 3.05) is 13.1 Å². The van der Waals surface area contributed by atoms with E-state index in [1.165, 1.54) is 0 Å². The first-order valence-corrected chi connectivity index (χ1v) is 7.63. The second-order valence-electron chi connectivity index (χ2n) is 5.13. The van der Waals surface area contributed by atoms with Gasteiger partial charge in [0.25, 0.3) is 5.91 Å². The number of fused-ring (bicyclic) bond motifs is 3. The number of carbonyl (C=O) groups excluding carboxylic acids is 2. The van der Waals surface area contributed by atoms with Crippen LogP contribution < -0.4 is 0 Å². The quantitative estimate of drug-likeness (QED) is 0.619. The van der Waals surface area contributed by atoms with Crippen molar-refractivity contribution in [3.63, 3.8) is 0 Å². The van der Waals surface area contributed by atoms with Crippen LogP contribution in [0.5, 0.6) is 0 Å². The summed E-state index contributed by atoms with van der Waals surface area (Å²) in [6.45, 7) is 4.46. The molecule has 1 aliphatic heterocycles. The molecule has 0 saturated carbocycles. The van der Waals surface area contributed by atoms with Gasteiger partial charge >= 0.3 is 0 Å². The first-order valence-electron chi connectivity index (χ1n) is 6.72. The van der Waals surface area contributed by atoms with Gasteiger partial charge in [-0.25, -0.2) is 0 Å². The summed E-state index contributed by atoms with van der Waals surface area (Å²) in [5.41, 5.74) is 1.88. The fraction of sp³-hybridized carbons (Fsp3) is 0.250. The number of amides is 1. The number of Topliss-reactive ketones (excluding diaryl/α,β-unsaturated/α-hetero) is 1. The summed E-state index contributed by atoms with van der Waals surface area (Å²) in [4.78, 5) is 26.7. The molecular weight excluding hydrogens is 332 g/mol. The molecule has 0 spiro atoms. The first-order chi connectivity index (χ1) is 10.1. The molecule has 0 fully saturated rings. The van der Waals surface area contributed by atoms with E-state index in [0.717, 1.165) is 10.9 Å². The van der Waals surface area contributed by atoms with E-state index in [2.05, 4.69) is 22.5 Å². The molecular formula is C16H15BrN2O2. The third-order valence-corrected chi connectivity index (χ3v) is 4.56. The largest absolute Gasteiger partial charge is 0.339 e. The van der Waals surface area contributed by atoms with Gasteiger partial charge in [-0.05, 0) is 6.07 Å². The lowest BCUT2D eigenvalue weighted by Gasteiger charge is -2.20. The Bertz CT molecular complexity index is 763. The molecule has 1 aromatic carbocycles. The van der Waals surface area contributed by atoms with Gasteiger partial charge in [0.15, 0.2) is 5.78 Å². The van der Waals surface area contributed by atoms with E-state index < -0.39 is 4.83 Å². The highest BCUT2D eigenvalue weighted by molar-refractivity contribution is 9.10. The summed E-state index contributed by atoms with van der Waals surface area (Å²) in [5.74, 6) is -0.166. The van der Waals surface area contributed by atoms with Crippen molar-refractivity contribution < 1.29 is 9.59 Å². The molecule has 0 N–H and O–H groups in total. The van der Waals surface area contributed by atoms with E-state index >= 15 is 0 Å². The second-order valence-corrected chi connectivity index (χ2v) is 6.24. The Labute approximate surface area is 131 Å². The molecule has 5 heteroatoms. The normalized spacial score (nSPS) is 18.8. The topological polar surface area (TPSA) is 42.3 Å². The molecule has 0 aliphatic carbocycles. The zero-order chi connectivity index (χ0) is 15.1. The van der Waals surface area contributed by atoms with Crippen LogP contribution in [0.4, 0.5) is 0 Å². The lowest BCUT2D eigenvalue weighted by atomic mass is 10.1. The van der Waals surface area contributed by atoms with Crippen LogP contribution in [0.1, 0.15) is 20.8 Å². The van der Waals surface area contributed by atoms with E-state index in [9.17, 15) is 9.59 Å². The molecule has 1 amide bonds. The van der Waals surface area contributed by atoms with Crippen molar-refractivity contribution in [1.29, 1.82) is 0 Å². The van der Waals surface area contributed by atoms with Crippen LogP contribution in [0.15, 0.2) is 36.9 Å².